The number of para-hydroxylation sites is 1. The predicted molar refractivity (Wildman–Crippen MR) is 108 cm³/mol. The maximum absolute atomic E-state index is 12.6. The molecule has 2 N–H and O–H groups in total. The highest BCUT2D eigenvalue weighted by molar-refractivity contribution is 6.03. The summed E-state index contributed by atoms with van der Waals surface area (Å²) in [6, 6.07) is 7.50. The van der Waals surface area contributed by atoms with Gasteiger partial charge in [-0.2, -0.15) is 0 Å². The highest BCUT2D eigenvalue weighted by atomic mass is 16.5. The van der Waals surface area contributed by atoms with Crippen LogP contribution in [0.5, 0.6) is 0 Å². The lowest BCUT2D eigenvalue weighted by Crippen LogP contribution is -2.47. The van der Waals surface area contributed by atoms with E-state index in [1.807, 2.05) is 31.2 Å². The Labute approximate surface area is 170 Å². The number of fused-ring (bicyclic) bond motifs is 1. The summed E-state index contributed by atoms with van der Waals surface area (Å²) in [5.41, 5.74) is 2.09. The van der Waals surface area contributed by atoms with E-state index in [2.05, 4.69) is 5.32 Å². The molecule has 1 fully saturated rings. The van der Waals surface area contributed by atoms with Gasteiger partial charge in [-0.05, 0) is 30.9 Å². The van der Waals surface area contributed by atoms with Crippen molar-refractivity contribution in [1.29, 1.82) is 0 Å². The van der Waals surface area contributed by atoms with E-state index in [0.29, 0.717) is 32.5 Å². The van der Waals surface area contributed by atoms with Crippen LogP contribution in [0.3, 0.4) is 0 Å². The van der Waals surface area contributed by atoms with E-state index in [9.17, 15) is 19.5 Å². The van der Waals surface area contributed by atoms with Crippen molar-refractivity contribution < 1.29 is 24.2 Å². The van der Waals surface area contributed by atoms with Gasteiger partial charge in [0, 0.05) is 37.5 Å². The van der Waals surface area contributed by atoms with Crippen molar-refractivity contribution in [2.75, 3.05) is 31.1 Å². The summed E-state index contributed by atoms with van der Waals surface area (Å²) in [6.45, 7) is 3.24. The maximum atomic E-state index is 12.6. The van der Waals surface area contributed by atoms with Crippen LogP contribution in [0.4, 0.5) is 10.5 Å². The van der Waals surface area contributed by atoms with Crippen LogP contribution in [0.2, 0.25) is 0 Å². The Bertz CT molecular complexity index is 794. The number of nitrogens with one attached hydrogen (secondary N) is 1. The number of benzene rings is 1. The number of rotatable bonds is 5. The third-order valence-corrected chi connectivity index (χ3v) is 5.23. The number of anilines is 1. The maximum Gasteiger partial charge on any atom is 0.407 e. The molecule has 8 heteroatoms. The van der Waals surface area contributed by atoms with Gasteiger partial charge in [0.25, 0.3) is 11.8 Å². The van der Waals surface area contributed by atoms with Gasteiger partial charge in [-0.3, -0.25) is 9.59 Å². The van der Waals surface area contributed by atoms with E-state index < -0.39 is 12.2 Å². The Hall–Kier alpha value is -2.87. The summed E-state index contributed by atoms with van der Waals surface area (Å²) in [4.78, 5) is 39.3. The van der Waals surface area contributed by atoms with E-state index in [1.54, 1.807) is 11.0 Å². The molecule has 2 aliphatic heterocycles. The normalized spacial score (nSPS) is 20.2. The van der Waals surface area contributed by atoms with Gasteiger partial charge in [0.05, 0.1) is 6.54 Å². The molecule has 3 amide bonds. The molecular weight excluding hydrogens is 374 g/mol. The van der Waals surface area contributed by atoms with Crippen molar-refractivity contribution in [2.24, 2.45) is 0 Å². The molecule has 0 aliphatic carbocycles. The fourth-order valence-electron chi connectivity index (χ4n) is 3.58. The molecule has 2 atom stereocenters. The number of carbonyl (C=O) groups is 3. The molecule has 2 heterocycles. The number of amides is 3. The number of nitrogens with zero attached hydrogens (tertiary/aromatic N) is 2. The summed E-state index contributed by atoms with van der Waals surface area (Å²) in [6.07, 6.45) is 3.26. The van der Waals surface area contributed by atoms with Crippen LogP contribution in [0.1, 0.15) is 25.3 Å². The first-order valence-electron chi connectivity index (χ1n) is 9.97. The van der Waals surface area contributed by atoms with Crippen LogP contribution in [-0.4, -0.2) is 66.3 Å². The van der Waals surface area contributed by atoms with Gasteiger partial charge >= 0.3 is 6.09 Å². The Morgan fingerprint density at radius 2 is 2.10 bits per heavy atom. The minimum Gasteiger partial charge on any atom is -0.465 e. The van der Waals surface area contributed by atoms with Gasteiger partial charge in [-0.15, -0.1) is 0 Å². The zero-order valence-corrected chi connectivity index (χ0v) is 16.5. The Balaban J connectivity index is 1.59. The fraction of sp³-hybridized carbons (Fsp3) is 0.476. The molecule has 156 valence electrons. The molecule has 0 saturated carbocycles. The molecule has 29 heavy (non-hydrogen) atoms. The zero-order chi connectivity index (χ0) is 20.8. The second kappa shape index (κ2) is 9.56. The van der Waals surface area contributed by atoms with Gasteiger partial charge in [-0.25, -0.2) is 4.79 Å². The van der Waals surface area contributed by atoms with Crippen molar-refractivity contribution >= 4 is 23.6 Å². The first kappa shape index (κ1) is 20.9. The molecule has 0 spiro atoms. The highest BCUT2D eigenvalue weighted by Gasteiger charge is 2.28. The quantitative estimate of drug-likeness (QED) is 0.733. The molecule has 3 rings (SSSR count). The van der Waals surface area contributed by atoms with Crippen LogP contribution < -0.4 is 10.2 Å². The number of hydrogen-bond donors (Lipinski definition) is 2. The van der Waals surface area contributed by atoms with Gasteiger partial charge < -0.3 is 25.0 Å². The Morgan fingerprint density at radius 3 is 2.86 bits per heavy atom. The lowest BCUT2D eigenvalue weighted by Gasteiger charge is -2.22. The third-order valence-electron chi connectivity index (χ3n) is 5.23. The monoisotopic (exact) mass is 401 g/mol. The molecular formula is C21H27N3O5. The van der Waals surface area contributed by atoms with Crippen molar-refractivity contribution in [3.05, 3.63) is 42.0 Å². The van der Waals surface area contributed by atoms with Gasteiger partial charge in [0.15, 0.2) is 6.10 Å². The molecule has 0 radical (unpaired) electrons. The number of ether oxygens (including phenoxy) is 1. The number of hydrogen-bond acceptors (Lipinski definition) is 4. The largest absolute Gasteiger partial charge is 0.465 e. The van der Waals surface area contributed by atoms with Crippen LogP contribution >= 0.6 is 0 Å². The molecule has 2 aliphatic rings. The Morgan fingerprint density at radius 1 is 1.31 bits per heavy atom. The minimum atomic E-state index is -1.06. The van der Waals surface area contributed by atoms with Crippen molar-refractivity contribution in [3.63, 3.8) is 0 Å². The van der Waals surface area contributed by atoms with E-state index >= 15 is 0 Å². The second-order valence-corrected chi connectivity index (χ2v) is 7.19. The van der Waals surface area contributed by atoms with Crippen LogP contribution in [0.15, 0.2) is 36.4 Å². The summed E-state index contributed by atoms with van der Waals surface area (Å²) in [7, 11) is 0. The van der Waals surface area contributed by atoms with Crippen LogP contribution in [0, 0.1) is 0 Å². The molecule has 1 saturated heterocycles. The van der Waals surface area contributed by atoms with Gasteiger partial charge in [0.1, 0.15) is 0 Å². The van der Waals surface area contributed by atoms with Gasteiger partial charge in [-0.1, -0.05) is 31.2 Å². The highest BCUT2D eigenvalue weighted by Crippen LogP contribution is 2.27. The summed E-state index contributed by atoms with van der Waals surface area (Å²) in [5, 5.41) is 12.0. The molecule has 0 bridgehead atoms. The first-order valence-corrected chi connectivity index (χ1v) is 9.97. The molecule has 0 aromatic heterocycles. The zero-order valence-electron chi connectivity index (χ0n) is 16.5. The third kappa shape index (κ3) is 5.14. The summed E-state index contributed by atoms with van der Waals surface area (Å²) in [5.74, 6) is -0.487. The Kier molecular flexibility index (Phi) is 6.87. The van der Waals surface area contributed by atoms with Gasteiger partial charge in [0.2, 0.25) is 0 Å². The number of carboxylic acid groups (broad SMARTS) is 1. The molecule has 8 nitrogen and oxygen atoms in total. The summed E-state index contributed by atoms with van der Waals surface area (Å²) < 4.78 is 5.52. The first-order chi connectivity index (χ1) is 14.0. The van der Waals surface area contributed by atoms with E-state index in [1.165, 1.54) is 11.0 Å². The SMILES string of the molecule is CC[C@@H](/C=C/C(=O)N1CCc2ccccc21)NC(=O)[C@@H]1CN(C(=O)O)CCCO1. The standard InChI is InChI=1S/C21H27N3O5/c1-2-16(22-20(26)18-14-23(21(27)28)11-5-13-29-18)8-9-19(25)24-12-10-15-6-3-4-7-17(15)24/h3-4,6-9,16,18H,2,5,10-14H2,1H3,(H,22,26)(H,27,28)/b9-8+/t16-,18-/m0/s1. The topological polar surface area (TPSA) is 99.2 Å². The predicted octanol–water partition coefficient (Wildman–Crippen LogP) is 1.80. The van der Waals surface area contributed by atoms with Crippen molar-refractivity contribution in [3.8, 4) is 0 Å². The smallest absolute Gasteiger partial charge is 0.407 e. The molecule has 1 aromatic carbocycles. The fourth-order valence-corrected chi connectivity index (χ4v) is 3.58. The van der Waals surface area contributed by atoms with E-state index in [0.717, 1.165) is 17.7 Å². The van der Waals surface area contributed by atoms with Crippen molar-refractivity contribution in [1.82, 2.24) is 10.2 Å². The van der Waals surface area contributed by atoms with Crippen LogP contribution in [0.25, 0.3) is 0 Å². The molecule has 1 aromatic rings. The average molecular weight is 401 g/mol. The second-order valence-electron chi connectivity index (χ2n) is 7.19. The minimum absolute atomic E-state index is 0.00477. The average Bonchev–Trinajstić information content (AvgIpc) is 2.98. The van der Waals surface area contributed by atoms with E-state index in [4.69, 9.17) is 4.74 Å². The van der Waals surface area contributed by atoms with E-state index in [-0.39, 0.29) is 24.4 Å². The van der Waals surface area contributed by atoms with Crippen LogP contribution in [-0.2, 0) is 20.7 Å². The lowest BCUT2D eigenvalue weighted by molar-refractivity contribution is -0.133. The number of carbonyl (C=O) groups excluding carboxylic acids is 2. The molecule has 0 unspecified atom stereocenters. The van der Waals surface area contributed by atoms with Crippen molar-refractivity contribution in [2.45, 2.75) is 38.3 Å². The lowest BCUT2D eigenvalue weighted by atomic mass is 10.1. The summed E-state index contributed by atoms with van der Waals surface area (Å²) >= 11 is 0.